The third-order valence-corrected chi connectivity index (χ3v) is 5.33. The van der Waals surface area contributed by atoms with Gasteiger partial charge >= 0.3 is 0 Å². The fraction of sp³-hybridized carbons (Fsp3) is 0.409. The Bertz CT molecular complexity index is 849. The second-order valence-corrected chi connectivity index (χ2v) is 7.40. The van der Waals surface area contributed by atoms with Crippen LogP contribution in [0.5, 0.6) is 11.5 Å². The van der Waals surface area contributed by atoms with E-state index < -0.39 is 0 Å². The van der Waals surface area contributed by atoms with Crippen molar-refractivity contribution < 1.29 is 14.3 Å². The molecule has 0 aromatic heterocycles. The molecule has 142 valence electrons. The SMILES string of the molecule is Cc1ccc(C)c(NC(=O)CN2CCCC2c2ccc3c(c2)OCCO3)c1. The van der Waals surface area contributed by atoms with Crippen LogP contribution in [-0.4, -0.2) is 37.1 Å². The predicted molar refractivity (Wildman–Crippen MR) is 106 cm³/mol. The number of anilines is 1. The number of nitrogens with zero attached hydrogens (tertiary/aromatic N) is 1. The van der Waals surface area contributed by atoms with Gasteiger partial charge in [-0.15, -0.1) is 0 Å². The number of aryl methyl sites for hydroxylation is 2. The van der Waals surface area contributed by atoms with Gasteiger partial charge in [0, 0.05) is 11.7 Å². The van der Waals surface area contributed by atoms with Crippen LogP contribution in [0.4, 0.5) is 5.69 Å². The van der Waals surface area contributed by atoms with Crippen molar-refractivity contribution in [3.63, 3.8) is 0 Å². The van der Waals surface area contributed by atoms with E-state index in [1.165, 1.54) is 5.56 Å². The number of carbonyl (C=O) groups excluding carboxylic acids is 1. The molecule has 1 saturated heterocycles. The summed E-state index contributed by atoms with van der Waals surface area (Å²) in [4.78, 5) is 14.9. The Kier molecular flexibility index (Phi) is 5.03. The Balaban J connectivity index is 1.45. The average molecular weight is 366 g/mol. The highest BCUT2D eigenvalue weighted by atomic mass is 16.6. The number of ether oxygens (including phenoxy) is 2. The zero-order valence-electron chi connectivity index (χ0n) is 16.0. The minimum atomic E-state index is 0.0353. The van der Waals surface area contributed by atoms with E-state index in [-0.39, 0.29) is 11.9 Å². The average Bonchev–Trinajstić information content (AvgIpc) is 3.12. The zero-order valence-corrected chi connectivity index (χ0v) is 16.0. The Morgan fingerprint density at radius 1 is 1.11 bits per heavy atom. The fourth-order valence-electron chi connectivity index (χ4n) is 3.90. The van der Waals surface area contributed by atoms with Crippen molar-refractivity contribution in [2.75, 3.05) is 31.6 Å². The number of benzene rings is 2. The molecule has 4 rings (SSSR count). The van der Waals surface area contributed by atoms with Gasteiger partial charge in [-0.3, -0.25) is 9.69 Å². The van der Waals surface area contributed by atoms with Crippen molar-refractivity contribution >= 4 is 11.6 Å². The first kappa shape index (κ1) is 17.9. The topological polar surface area (TPSA) is 50.8 Å². The van der Waals surface area contributed by atoms with E-state index in [2.05, 4.69) is 28.4 Å². The number of fused-ring (bicyclic) bond motifs is 1. The molecule has 0 radical (unpaired) electrons. The minimum Gasteiger partial charge on any atom is -0.486 e. The van der Waals surface area contributed by atoms with E-state index in [4.69, 9.17) is 9.47 Å². The van der Waals surface area contributed by atoms with Crippen molar-refractivity contribution in [1.82, 2.24) is 4.90 Å². The van der Waals surface area contributed by atoms with Crippen LogP contribution < -0.4 is 14.8 Å². The molecular formula is C22H26N2O3. The first-order valence-electron chi connectivity index (χ1n) is 9.61. The van der Waals surface area contributed by atoms with E-state index >= 15 is 0 Å². The maximum Gasteiger partial charge on any atom is 0.238 e. The van der Waals surface area contributed by atoms with Gasteiger partial charge in [0.15, 0.2) is 11.5 Å². The number of carbonyl (C=O) groups is 1. The van der Waals surface area contributed by atoms with E-state index in [0.717, 1.165) is 47.7 Å². The van der Waals surface area contributed by atoms with Crippen molar-refractivity contribution in [3.05, 3.63) is 53.1 Å². The molecule has 1 fully saturated rings. The summed E-state index contributed by atoms with van der Waals surface area (Å²) in [6.07, 6.45) is 2.15. The molecule has 1 unspecified atom stereocenters. The van der Waals surface area contributed by atoms with Gasteiger partial charge in [-0.05, 0) is 68.1 Å². The summed E-state index contributed by atoms with van der Waals surface area (Å²) >= 11 is 0. The Morgan fingerprint density at radius 3 is 2.78 bits per heavy atom. The maximum atomic E-state index is 12.6. The molecule has 0 aliphatic carbocycles. The van der Waals surface area contributed by atoms with E-state index in [1.807, 2.05) is 32.0 Å². The Morgan fingerprint density at radius 2 is 1.93 bits per heavy atom. The monoisotopic (exact) mass is 366 g/mol. The van der Waals surface area contributed by atoms with Crippen LogP contribution in [-0.2, 0) is 4.79 Å². The molecule has 2 heterocycles. The molecule has 0 bridgehead atoms. The van der Waals surface area contributed by atoms with Crippen LogP contribution in [0.3, 0.4) is 0 Å². The number of rotatable bonds is 4. The second kappa shape index (κ2) is 7.61. The molecule has 5 heteroatoms. The lowest BCUT2D eigenvalue weighted by atomic mass is 10.0. The number of hydrogen-bond donors (Lipinski definition) is 1. The summed E-state index contributed by atoms with van der Waals surface area (Å²) in [5.41, 5.74) is 4.32. The number of likely N-dealkylation sites (tertiary alicyclic amines) is 1. The largest absolute Gasteiger partial charge is 0.486 e. The summed E-state index contributed by atoms with van der Waals surface area (Å²) in [7, 11) is 0. The smallest absolute Gasteiger partial charge is 0.238 e. The summed E-state index contributed by atoms with van der Waals surface area (Å²) in [5, 5.41) is 3.07. The molecule has 2 aromatic carbocycles. The minimum absolute atomic E-state index is 0.0353. The molecule has 0 spiro atoms. The van der Waals surface area contributed by atoms with Crippen LogP contribution in [0.1, 0.15) is 35.6 Å². The molecule has 1 amide bonds. The molecule has 5 nitrogen and oxygen atoms in total. The summed E-state index contributed by atoms with van der Waals surface area (Å²) in [5.74, 6) is 1.65. The summed E-state index contributed by atoms with van der Waals surface area (Å²) in [6, 6.07) is 12.5. The Labute approximate surface area is 160 Å². The van der Waals surface area contributed by atoms with Crippen LogP contribution >= 0.6 is 0 Å². The maximum absolute atomic E-state index is 12.6. The molecule has 0 saturated carbocycles. The third kappa shape index (κ3) is 3.93. The third-order valence-electron chi connectivity index (χ3n) is 5.33. The number of amides is 1. The van der Waals surface area contributed by atoms with Gasteiger partial charge in [0.1, 0.15) is 13.2 Å². The predicted octanol–water partition coefficient (Wildman–Crippen LogP) is 3.85. The normalized spacial score (nSPS) is 19.1. The van der Waals surface area contributed by atoms with E-state index in [0.29, 0.717) is 19.8 Å². The molecule has 1 atom stereocenters. The van der Waals surface area contributed by atoms with Gasteiger partial charge in [-0.25, -0.2) is 0 Å². The van der Waals surface area contributed by atoms with E-state index in [1.54, 1.807) is 0 Å². The molecular weight excluding hydrogens is 340 g/mol. The number of nitrogens with one attached hydrogen (secondary N) is 1. The first-order chi connectivity index (χ1) is 13.1. The van der Waals surface area contributed by atoms with Gasteiger partial charge in [-0.2, -0.15) is 0 Å². The molecule has 2 aliphatic rings. The highest BCUT2D eigenvalue weighted by Crippen LogP contribution is 2.37. The highest BCUT2D eigenvalue weighted by molar-refractivity contribution is 5.93. The molecule has 2 aromatic rings. The summed E-state index contributed by atoms with van der Waals surface area (Å²) < 4.78 is 11.3. The Hall–Kier alpha value is -2.53. The molecule has 1 N–H and O–H groups in total. The van der Waals surface area contributed by atoms with Crippen molar-refractivity contribution in [2.24, 2.45) is 0 Å². The number of hydrogen-bond acceptors (Lipinski definition) is 4. The van der Waals surface area contributed by atoms with Crippen molar-refractivity contribution in [2.45, 2.75) is 32.7 Å². The van der Waals surface area contributed by atoms with Gasteiger partial charge in [-0.1, -0.05) is 18.2 Å². The van der Waals surface area contributed by atoms with Crippen LogP contribution in [0.25, 0.3) is 0 Å². The van der Waals surface area contributed by atoms with Gasteiger partial charge in [0.2, 0.25) is 5.91 Å². The van der Waals surface area contributed by atoms with Crippen LogP contribution in [0.2, 0.25) is 0 Å². The van der Waals surface area contributed by atoms with Crippen molar-refractivity contribution in [3.8, 4) is 11.5 Å². The lowest BCUT2D eigenvalue weighted by molar-refractivity contribution is -0.117. The van der Waals surface area contributed by atoms with Crippen LogP contribution in [0, 0.1) is 13.8 Å². The molecule has 2 aliphatic heterocycles. The lowest BCUT2D eigenvalue weighted by Crippen LogP contribution is -2.33. The fourth-order valence-corrected chi connectivity index (χ4v) is 3.90. The first-order valence-corrected chi connectivity index (χ1v) is 9.61. The quantitative estimate of drug-likeness (QED) is 0.893. The second-order valence-electron chi connectivity index (χ2n) is 7.40. The lowest BCUT2D eigenvalue weighted by Gasteiger charge is -2.26. The van der Waals surface area contributed by atoms with Crippen molar-refractivity contribution in [1.29, 1.82) is 0 Å². The van der Waals surface area contributed by atoms with Gasteiger partial charge < -0.3 is 14.8 Å². The zero-order chi connectivity index (χ0) is 18.8. The van der Waals surface area contributed by atoms with Crippen LogP contribution in [0.15, 0.2) is 36.4 Å². The van der Waals surface area contributed by atoms with Gasteiger partial charge in [0.05, 0.1) is 6.54 Å². The van der Waals surface area contributed by atoms with Gasteiger partial charge in [0.25, 0.3) is 0 Å². The van der Waals surface area contributed by atoms with E-state index in [9.17, 15) is 4.79 Å². The summed E-state index contributed by atoms with van der Waals surface area (Å²) in [6.45, 7) is 6.56. The highest BCUT2D eigenvalue weighted by Gasteiger charge is 2.28. The standard InChI is InChI=1S/C22H26N2O3/c1-15-5-6-16(2)18(12-15)23-22(25)14-24-9-3-4-19(24)17-7-8-20-21(13-17)27-11-10-26-20/h5-8,12-13,19H,3-4,9-11,14H2,1-2H3,(H,23,25). The molecule has 27 heavy (non-hydrogen) atoms.